The molecule has 3 aliphatic rings. The molecule has 11 heteroatoms. The van der Waals surface area contributed by atoms with Gasteiger partial charge in [-0.1, -0.05) is 18.2 Å². The van der Waals surface area contributed by atoms with Crippen molar-refractivity contribution in [1.29, 1.82) is 0 Å². The van der Waals surface area contributed by atoms with Gasteiger partial charge in [0.05, 0.1) is 6.54 Å². The van der Waals surface area contributed by atoms with Gasteiger partial charge in [0.2, 0.25) is 11.8 Å². The Balaban J connectivity index is 1.58. The zero-order valence-corrected chi connectivity index (χ0v) is 17.8. The highest BCUT2D eigenvalue weighted by molar-refractivity contribution is 5.87. The molecule has 2 aliphatic carbocycles. The van der Waals surface area contributed by atoms with Gasteiger partial charge in [-0.15, -0.1) is 0 Å². The van der Waals surface area contributed by atoms with Crippen molar-refractivity contribution in [3.63, 3.8) is 0 Å². The lowest BCUT2D eigenvalue weighted by atomic mass is 9.73. The molecular formula is C22H23F7N2O2. The van der Waals surface area contributed by atoms with Crippen LogP contribution in [0.25, 0.3) is 0 Å². The summed E-state index contributed by atoms with van der Waals surface area (Å²) in [4.78, 5) is 28.1. The zero-order chi connectivity index (χ0) is 24.3. The predicted octanol–water partition coefficient (Wildman–Crippen LogP) is 4.33. The van der Waals surface area contributed by atoms with E-state index in [0.29, 0.717) is 50.0 Å². The standard InChI is InChI=1S/C22H23F7N2O2/c1-30-8-9-31(11-18(30)32)19(33)17-7-6-15-14-5-3-13(10-12(14)2-4-16(15)17)20(23,21(24,25)26)22(27,28)29/h3,5,10,15-17H,2,4,6-9,11H2,1H3/t15?,16?,17-/m1/s1. The molecular weight excluding hydrogens is 457 g/mol. The Morgan fingerprint density at radius 3 is 2.24 bits per heavy atom. The van der Waals surface area contributed by atoms with Gasteiger partial charge in [0.25, 0.3) is 0 Å². The second-order valence-corrected chi connectivity index (χ2v) is 9.14. The molecule has 1 saturated carbocycles. The third kappa shape index (κ3) is 3.77. The van der Waals surface area contributed by atoms with Crippen molar-refractivity contribution in [3.8, 4) is 0 Å². The molecule has 1 heterocycles. The van der Waals surface area contributed by atoms with Crippen molar-refractivity contribution < 1.29 is 40.3 Å². The summed E-state index contributed by atoms with van der Waals surface area (Å²) in [5.41, 5.74) is -6.09. The van der Waals surface area contributed by atoms with Crippen LogP contribution in [0, 0.1) is 11.8 Å². The molecule has 3 atom stereocenters. The van der Waals surface area contributed by atoms with E-state index in [1.54, 1.807) is 11.9 Å². The SMILES string of the molecule is CN1CCN(C(=O)[C@@H]2CCC3c4ccc(C(F)(C(F)(F)F)C(F)(F)F)cc4CCC32)CC1=O. The van der Waals surface area contributed by atoms with E-state index in [4.69, 9.17) is 0 Å². The molecule has 1 aromatic carbocycles. The van der Waals surface area contributed by atoms with E-state index in [1.807, 2.05) is 0 Å². The van der Waals surface area contributed by atoms with Gasteiger partial charge in [0.15, 0.2) is 0 Å². The average molecular weight is 480 g/mol. The summed E-state index contributed by atoms with van der Waals surface area (Å²) < 4.78 is 93.3. The first-order chi connectivity index (χ1) is 15.3. The summed E-state index contributed by atoms with van der Waals surface area (Å²) >= 11 is 0. The van der Waals surface area contributed by atoms with Crippen LogP contribution in [-0.2, 0) is 21.7 Å². The number of amides is 2. The maximum Gasteiger partial charge on any atom is 0.435 e. The predicted molar refractivity (Wildman–Crippen MR) is 103 cm³/mol. The number of fused-ring (bicyclic) bond motifs is 3. The maximum atomic E-state index is 14.5. The number of nitrogens with zero attached hydrogens (tertiary/aromatic N) is 2. The van der Waals surface area contributed by atoms with Crippen LogP contribution in [-0.4, -0.2) is 60.6 Å². The maximum absolute atomic E-state index is 14.5. The van der Waals surface area contributed by atoms with Crippen LogP contribution in [0.4, 0.5) is 30.7 Å². The Morgan fingerprint density at radius 1 is 0.970 bits per heavy atom. The molecule has 0 radical (unpaired) electrons. The molecule has 1 aliphatic heterocycles. The summed E-state index contributed by atoms with van der Waals surface area (Å²) in [6.07, 6.45) is -10.7. The summed E-state index contributed by atoms with van der Waals surface area (Å²) in [6, 6.07) is 2.40. The fourth-order valence-corrected chi connectivity index (χ4v) is 5.55. The van der Waals surface area contributed by atoms with E-state index in [1.165, 1.54) is 4.90 Å². The van der Waals surface area contributed by atoms with E-state index in [0.717, 1.165) is 6.07 Å². The molecule has 2 fully saturated rings. The normalized spacial score (nSPS) is 26.3. The molecule has 4 nitrogen and oxygen atoms in total. The number of rotatable bonds is 2. The Morgan fingerprint density at radius 2 is 1.64 bits per heavy atom. The Hall–Kier alpha value is -2.33. The molecule has 33 heavy (non-hydrogen) atoms. The molecule has 0 spiro atoms. The molecule has 1 saturated heterocycles. The van der Waals surface area contributed by atoms with E-state index < -0.39 is 23.6 Å². The lowest BCUT2D eigenvalue weighted by Gasteiger charge is -2.37. The lowest BCUT2D eigenvalue weighted by molar-refractivity contribution is -0.348. The highest BCUT2D eigenvalue weighted by atomic mass is 19.4. The summed E-state index contributed by atoms with van der Waals surface area (Å²) in [5, 5.41) is 0. The molecule has 1 aromatic rings. The number of alkyl halides is 7. The molecule has 0 bridgehead atoms. The molecule has 0 N–H and O–H groups in total. The van der Waals surface area contributed by atoms with Gasteiger partial charge in [0, 0.05) is 31.6 Å². The number of carbonyl (C=O) groups is 2. The number of aryl methyl sites for hydroxylation is 1. The van der Waals surface area contributed by atoms with Crippen molar-refractivity contribution in [2.45, 2.75) is 49.6 Å². The Kier molecular flexibility index (Phi) is 5.68. The minimum atomic E-state index is -6.15. The third-order valence-corrected chi connectivity index (χ3v) is 7.38. The van der Waals surface area contributed by atoms with E-state index in [2.05, 4.69) is 0 Å². The number of halogens is 7. The Labute approximate surface area is 185 Å². The fourth-order valence-electron chi connectivity index (χ4n) is 5.55. The number of likely N-dealkylation sites (N-methyl/N-ethyl adjacent to an activating group) is 1. The summed E-state index contributed by atoms with van der Waals surface area (Å²) in [5.74, 6) is -0.975. The van der Waals surface area contributed by atoms with Crippen LogP contribution >= 0.6 is 0 Å². The van der Waals surface area contributed by atoms with Crippen molar-refractivity contribution in [1.82, 2.24) is 9.80 Å². The topological polar surface area (TPSA) is 40.6 Å². The molecule has 0 aromatic heterocycles. The monoisotopic (exact) mass is 480 g/mol. The van der Waals surface area contributed by atoms with Gasteiger partial charge >= 0.3 is 18.0 Å². The first kappa shape index (κ1) is 23.8. The minimum absolute atomic E-state index is 0.00334. The number of piperazine rings is 1. The fraction of sp³-hybridized carbons (Fsp3) is 0.636. The highest BCUT2D eigenvalue weighted by Gasteiger charge is 2.73. The zero-order valence-electron chi connectivity index (χ0n) is 17.8. The largest absolute Gasteiger partial charge is 0.435 e. The van der Waals surface area contributed by atoms with Crippen LogP contribution in [0.2, 0.25) is 0 Å². The highest BCUT2D eigenvalue weighted by Crippen LogP contribution is 2.55. The van der Waals surface area contributed by atoms with Crippen LogP contribution in [0.15, 0.2) is 18.2 Å². The van der Waals surface area contributed by atoms with Gasteiger partial charge in [0.1, 0.15) is 0 Å². The van der Waals surface area contributed by atoms with Gasteiger partial charge < -0.3 is 9.80 Å². The molecule has 182 valence electrons. The van der Waals surface area contributed by atoms with Crippen molar-refractivity contribution in [2.75, 3.05) is 26.7 Å². The van der Waals surface area contributed by atoms with Crippen molar-refractivity contribution in [2.24, 2.45) is 11.8 Å². The first-order valence-electron chi connectivity index (χ1n) is 10.7. The summed E-state index contributed by atoms with van der Waals surface area (Å²) in [6.45, 7) is 0.847. The van der Waals surface area contributed by atoms with E-state index >= 15 is 0 Å². The van der Waals surface area contributed by atoms with Crippen LogP contribution < -0.4 is 0 Å². The van der Waals surface area contributed by atoms with Gasteiger partial charge in [-0.05, 0) is 48.6 Å². The number of carbonyl (C=O) groups excluding carboxylic acids is 2. The first-order valence-corrected chi connectivity index (χ1v) is 10.7. The quantitative estimate of drug-likeness (QED) is 0.592. The molecule has 2 unspecified atom stereocenters. The van der Waals surface area contributed by atoms with Gasteiger partial charge in [-0.25, -0.2) is 4.39 Å². The number of hydrogen-bond donors (Lipinski definition) is 0. The van der Waals surface area contributed by atoms with Crippen molar-refractivity contribution in [3.05, 3.63) is 34.9 Å². The summed E-state index contributed by atoms with van der Waals surface area (Å²) in [7, 11) is 1.66. The van der Waals surface area contributed by atoms with E-state index in [-0.39, 0.29) is 48.1 Å². The van der Waals surface area contributed by atoms with E-state index in [9.17, 15) is 40.3 Å². The lowest BCUT2D eigenvalue weighted by Crippen LogP contribution is -2.52. The minimum Gasteiger partial charge on any atom is -0.342 e. The molecule has 4 rings (SSSR count). The number of benzene rings is 1. The van der Waals surface area contributed by atoms with Crippen molar-refractivity contribution >= 4 is 11.8 Å². The van der Waals surface area contributed by atoms with Crippen LogP contribution in [0.1, 0.15) is 41.9 Å². The smallest absolute Gasteiger partial charge is 0.342 e. The average Bonchev–Trinajstić information content (AvgIpc) is 3.17. The van der Waals surface area contributed by atoms with Gasteiger partial charge in [-0.3, -0.25) is 9.59 Å². The third-order valence-electron chi connectivity index (χ3n) is 7.38. The Bertz CT molecular complexity index is 945. The van der Waals surface area contributed by atoms with Gasteiger partial charge in [-0.2, -0.15) is 26.3 Å². The van der Waals surface area contributed by atoms with Crippen LogP contribution in [0.3, 0.4) is 0 Å². The second-order valence-electron chi connectivity index (χ2n) is 9.14. The molecule has 2 amide bonds. The van der Waals surface area contributed by atoms with Crippen LogP contribution in [0.5, 0.6) is 0 Å². The number of hydrogen-bond acceptors (Lipinski definition) is 2. The second kappa shape index (κ2) is 7.87.